The van der Waals surface area contributed by atoms with Gasteiger partial charge in [0.1, 0.15) is 0 Å². The minimum Gasteiger partial charge on any atom is -0.352 e. The smallest absolute Gasteiger partial charge is 0.252 e. The molecule has 0 atom stereocenters. The Labute approximate surface area is 132 Å². The van der Waals surface area contributed by atoms with Crippen LogP contribution >= 0.6 is 0 Å². The molecule has 3 rings (SSSR count). The predicted octanol–water partition coefficient (Wildman–Crippen LogP) is 1.53. The van der Waals surface area contributed by atoms with E-state index in [4.69, 9.17) is 0 Å². The van der Waals surface area contributed by atoms with E-state index in [1.165, 1.54) is 18.3 Å². The number of para-hydroxylation sites is 1. The fourth-order valence-electron chi connectivity index (χ4n) is 2.19. The summed E-state index contributed by atoms with van der Waals surface area (Å²) in [5.74, 6) is -0.211. The second kappa shape index (κ2) is 6.74. The third-order valence-electron chi connectivity index (χ3n) is 3.40. The van der Waals surface area contributed by atoms with Crippen molar-refractivity contribution in [1.82, 2.24) is 20.1 Å². The van der Waals surface area contributed by atoms with E-state index in [-0.39, 0.29) is 11.5 Å². The number of aromatic nitrogens is 3. The lowest BCUT2D eigenvalue weighted by molar-refractivity contribution is 0.0953. The zero-order chi connectivity index (χ0) is 16.1. The first-order valence-electron chi connectivity index (χ1n) is 7.28. The Hall–Kier alpha value is -3.15. The van der Waals surface area contributed by atoms with Gasteiger partial charge in [-0.2, -0.15) is 5.10 Å². The number of hydrogen-bond donors (Lipinski definition) is 2. The fraction of sp³-hybridized carbons (Fsp3) is 0.118. The minimum absolute atomic E-state index is 0.211. The lowest BCUT2D eigenvalue weighted by Crippen LogP contribution is -2.26. The lowest BCUT2D eigenvalue weighted by Gasteiger charge is -2.03. The van der Waals surface area contributed by atoms with E-state index >= 15 is 0 Å². The zero-order valence-corrected chi connectivity index (χ0v) is 12.4. The van der Waals surface area contributed by atoms with Gasteiger partial charge in [-0.1, -0.05) is 18.2 Å². The number of hydrogen-bond acceptors (Lipinski definition) is 3. The second-order valence-electron chi connectivity index (χ2n) is 5.08. The number of H-pyrrole nitrogens is 1. The van der Waals surface area contributed by atoms with Gasteiger partial charge in [0.15, 0.2) is 0 Å². The molecule has 2 aromatic heterocycles. The average Bonchev–Trinajstić information content (AvgIpc) is 3.05. The molecule has 23 heavy (non-hydrogen) atoms. The largest absolute Gasteiger partial charge is 0.352 e. The summed E-state index contributed by atoms with van der Waals surface area (Å²) in [4.78, 5) is 25.4. The first-order chi connectivity index (χ1) is 11.2. The third-order valence-corrected chi connectivity index (χ3v) is 3.40. The Balaban J connectivity index is 1.55. The summed E-state index contributed by atoms with van der Waals surface area (Å²) >= 11 is 0. The van der Waals surface area contributed by atoms with Crippen molar-refractivity contribution in [2.75, 3.05) is 6.54 Å². The molecular formula is C17H16N4O2. The van der Waals surface area contributed by atoms with Crippen LogP contribution in [0.1, 0.15) is 15.9 Å². The highest BCUT2D eigenvalue weighted by Crippen LogP contribution is 2.07. The standard InChI is InChI=1S/C17H16N4O2/c22-16-7-6-14(11-19-16)17(23)18-9-8-13-10-20-21(12-13)15-4-2-1-3-5-15/h1-7,10-12H,8-9H2,(H,18,23)(H,19,22). The van der Waals surface area contributed by atoms with Crippen LogP contribution in [0.2, 0.25) is 0 Å². The quantitative estimate of drug-likeness (QED) is 0.750. The number of aromatic amines is 1. The van der Waals surface area contributed by atoms with Crippen molar-refractivity contribution >= 4 is 5.91 Å². The number of carbonyl (C=O) groups excluding carboxylic acids is 1. The Morgan fingerprint density at radius 1 is 1.17 bits per heavy atom. The maximum Gasteiger partial charge on any atom is 0.252 e. The van der Waals surface area contributed by atoms with Crippen molar-refractivity contribution in [3.8, 4) is 5.69 Å². The van der Waals surface area contributed by atoms with Crippen molar-refractivity contribution in [1.29, 1.82) is 0 Å². The van der Waals surface area contributed by atoms with E-state index in [2.05, 4.69) is 15.4 Å². The summed E-state index contributed by atoms with van der Waals surface area (Å²) in [7, 11) is 0. The molecule has 1 aromatic carbocycles. The molecule has 0 radical (unpaired) electrons. The van der Waals surface area contributed by atoms with Crippen LogP contribution in [0.25, 0.3) is 5.69 Å². The molecule has 0 aliphatic carbocycles. The molecule has 116 valence electrons. The Morgan fingerprint density at radius 2 is 2.00 bits per heavy atom. The zero-order valence-electron chi connectivity index (χ0n) is 12.4. The summed E-state index contributed by atoms with van der Waals surface area (Å²) in [5.41, 5.74) is 2.24. The molecule has 0 saturated heterocycles. The van der Waals surface area contributed by atoms with Crippen LogP contribution in [0, 0.1) is 0 Å². The fourth-order valence-corrected chi connectivity index (χ4v) is 2.19. The summed E-state index contributed by atoms with van der Waals surface area (Å²) < 4.78 is 1.80. The Bertz CT molecular complexity index is 832. The average molecular weight is 308 g/mol. The number of pyridine rings is 1. The summed E-state index contributed by atoms with van der Waals surface area (Å²) in [6.07, 6.45) is 5.83. The molecule has 1 amide bonds. The van der Waals surface area contributed by atoms with Gasteiger partial charge in [-0.05, 0) is 30.2 Å². The first kappa shape index (κ1) is 14.8. The van der Waals surface area contributed by atoms with Gasteiger partial charge in [0, 0.05) is 25.0 Å². The van der Waals surface area contributed by atoms with Crippen molar-refractivity contribution in [2.45, 2.75) is 6.42 Å². The molecule has 3 aromatic rings. The van der Waals surface area contributed by atoms with Crippen molar-refractivity contribution in [2.24, 2.45) is 0 Å². The van der Waals surface area contributed by atoms with Crippen molar-refractivity contribution in [3.63, 3.8) is 0 Å². The van der Waals surface area contributed by atoms with Gasteiger partial charge in [-0.25, -0.2) is 4.68 Å². The molecular weight excluding hydrogens is 292 g/mol. The van der Waals surface area contributed by atoms with E-state index in [9.17, 15) is 9.59 Å². The number of nitrogens with zero attached hydrogens (tertiary/aromatic N) is 2. The van der Waals surface area contributed by atoms with Gasteiger partial charge in [-0.15, -0.1) is 0 Å². The van der Waals surface area contributed by atoms with Crippen molar-refractivity contribution in [3.05, 3.63) is 82.5 Å². The van der Waals surface area contributed by atoms with E-state index < -0.39 is 0 Å². The topological polar surface area (TPSA) is 79.8 Å². The monoisotopic (exact) mass is 308 g/mol. The van der Waals surface area contributed by atoms with Crippen LogP contribution in [0.5, 0.6) is 0 Å². The molecule has 0 bridgehead atoms. The molecule has 6 heteroatoms. The molecule has 0 aliphatic heterocycles. The SMILES string of the molecule is O=C(NCCc1cnn(-c2ccccc2)c1)c1ccc(=O)[nH]c1. The molecule has 6 nitrogen and oxygen atoms in total. The van der Waals surface area contributed by atoms with Gasteiger partial charge in [0.2, 0.25) is 5.56 Å². The highest BCUT2D eigenvalue weighted by molar-refractivity contribution is 5.93. The van der Waals surface area contributed by atoms with Crippen LogP contribution in [-0.4, -0.2) is 27.2 Å². The van der Waals surface area contributed by atoms with Crippen LogP contribution in [-0.2, 0) is 6.42 Å². The highest BCUT2D eigenvalue weighted by Gasteiger charge is 2.05. The van der Waals surface area contributed by atoms with Gasteiger partial charge in [-0.3, -0.25) is 9.59 Å². The molecule has 2 heterocycles. The van der Waals surface area contributed by atoms with Crippen LogP contribution in [0.15, 0.2) is 65.8 Å². The summed E-state index contributed by atoms with van der Waals surface area (Å²) in [6, 6.07) is 12.7. The lowest BCUT2D eigenvalue weighted by atomic mass is 10.2. The number of amides is 1. The van der Waals surface area contributed by atoms with E-state index in [1.807, 2.05) is 36.5 Å². The van der Waals surface area contributed by atoms with Crippen molar-refractivity contribution < 1.29 is 4.79 Å². The molecule has 0 unspecified atom stereocenters. The van der Waals surface area contributed by atoms with E-state index in [0.29, 0.717) is 18.5 Å². The Kier molecular flexibility index (Phi) is 4.33. The maximum absolute atomic E-state index is 11.9. The predicted molar refractivity (Wildman–Crippen MR) is 86.7 cm³/mol. The normalized spacial score (nSPS) is 10.4. The van der Waals surface area contributed by atoms with Crippen LogP contribution < -0.4 is 10.9 Å². The maximum atomic E-state index is 11.9. The molecule has 0 fully saturated rings. The van der Waals surface area contributed by atoms with Gasteiger partial charge >= 0.3 is 0 Å². The van der Waals surface area contributed by atoms with Gasteiger partial charge in [0.05, 0.1) is 17.4 Å². The van der Waals surface area contributed by atoms with Gasteiger partial charge in [0.25, 0.3) is 5.91 Å². The number of nitrogens with one attached hydrogen (secondary N) is 2. The van der Waals surface area contributed by atoms with Crippen LogP contribution in [0.3, 0.4) is 0 Å². The number of benzene rings is 1. The number of carbonyl (C=O) groups is 1. The van der Waals surface area contributed by atoms with Crippen LogP contribution in [0.4, 0.5) is 0 Å². The van der Waals surface area contributed by atoms with E-state index in [0.717, 1.165) is 11.3 Å². The molecule has 2 N–H and O–H groups in total. The highest BCUT2D eigenvalue weighted by atomic mass is 16.1. The second-order valence-corrected chi connectivity index (χ2v) is 5.08. The van der Waals surface area contributed by atoms with Gasteiger partial charge < -0.3 is 10.3 Å². The summed E-state index contributed by atoms with van der Waals surface area (Å²) in [5, 5.41) is 7.13. The Morgan fingerprint density at radius 3 is 2.74 bits per heavy atom. The minimum atomic E-state index is -0.227. The first-order valence-corrected chi connectivity index (χ1v) is 7.28. The molecule has 0 saturated carbocycles. The van der Waals surface area contributed by atoms with E-state index in [1.54, 1.807) is 10.9 Å². The molecule has 0 spiro atoms. The molecule has 0 aliphatic rings. The third kappa shape index (κ3) is 3.74. The summed E-state index contributed by atoms with van der Waals surface area (Å²) in [6.45, 7) is 0.498. The number of rotatable bonds is 5.